The second-order valence-electron chi connectivity index (χ2n) is 4.71. The third-order valence-corrected chi connectivity index (χ3v) is 3.09. The van der Waals surface area contributed by atoms with E-state index in [1.165, 1.54) is 12.8 Å². The zero-order valence-electron chi connectivity index (χ0n) is 10.6. The van der Waals surface area contributed by atoms with Gasteiger partial charge in [0.25, 0.3) is 0 Å². The summed E-state index contributed by atoms with van der Waals surface area (Å²) in [6, 6.07) is 0.697. The lowest BCUT2D eigenvalue weighted by atomic mass is 10.2. The number of nitrogens with one attached hydrogen (secondary N) is 1. The topological polar surface area (TPSA) is 63.8 Å². The number of aryl methyl sites for hydroxylation is 2. The SMILES string of the molecule is Cc1nc(-c2ncc(CNC3CC3)c(C)n2)co1. The normalized spacial score (nSPS) is 15.0. The molecule has 1 N–H and O–H groups in total. The van der Waals surface area contributed by atoms with Crippen LogP contribution in [0.15, 0.2) is 16.9 Å². The Labute approximate surface area is 106 Å². The Kier molecular flexibility index (Phi) is 2.83. The largest absolute Gasteiger partial charge is 0.449 e. The zero-order valence-corrected chi connectivity index (χ0v) is 10.6. The molecule has 1 saturated carbocycles. The Morgan fingerprint density at radius 1 is 1.33 bits per heavy atom. The van der Waals surface area contributed by atoms with Crippen molar-refractivity contribution in [2.45, 2.75) is 39.3 Å². The van der Waals surface area contributed by atoms with Gasteiger partial charge in [-0.05, 0) is 19.8 Å². The first kappa shape index (κ1) is 11.3. The molecule has 94 valence electrons. The van der Waals surface area contributed by atoms with Crippen molar-refractivity contribution in [3.8, 4) is 11.5 Å². The molecular formula is C13H16N4O. The molecule has 2 aromatic heterocycles. The quantitative estimate of drug-likeness (QED) is 0.891. The van der Waals surface area contributed by atoms with E-state index in [-0.39, 0.29) is 0 Å². The number of hydrogen-bond donors (Lipinski definition) is 1. The summed E-state index contributed by atoms with van der Waals surface area (Å²) in [7, 11) is 0. The standard InChI is InChI=1S/C13H16N4O/c1-8-10(5-14-11-3-4-11)6-15-13(16-8)12-7-18-9(2)17-12/h6-7,11,14H,3-5H2,1-2H3. The van der Waals surface area contributed by atoms with E-state index in [9.17, 15) is 0 Å². The summed E-state index contributed by atoms with van der Waals surface area (Å²) >= 11 is 0. The van der Waals surface area contributed by atoms with Crippen LogP contribution in [0.2, 0.25) is 0 Å². The lowest BCUT2D eigenvalue weighted by Gasteiger charge is -2.06. The van der Waals surface area contributed by atoms with Crippen molar-refractivity contribution in [1.29, 1.82) is 0 Å². The Hall–Kier alpha value is -1.75. The lowest BCUT2D eigenvalue weighted by molar-refractivity contribution is 0.521. The van der Waals surface area contributed by atoms with Gasteiger partial charge in [0.2, 0.25) is 0 Å². The number of rotatable bonds is 4. The van der Waals surface area contributed by atoms with Gasteiger partial charge in [-0.2, -0.15) is 0 Å². The van der Waals surface area contributed by atoms with E-state index in [2.05, 4.69) is 20.3 Å². The van der Waals surface area contributed by atoms with Crippen LogP contribution in [0.1, 0.15) is 30.0 Å². The van der Waals surface area contributed by atoms with Crippen molar-refractivity contribution < 1.29 is 4.42 Å². The maximum absolute atomic E-state index is 5.17. The van der Waals surface area contributed by atoms with E-state index >= 15 is 0 Å². The van der Waals surface area contributed by atoms with Crippen molar-refractivity contribution in [1.82, 2.24) is 20.3 Å². The van der Waals surface area contributed by atoms with E-state index in [4.69, 9.17) is 4.42 Å². The highest BCUT2D eigenvalue weighted by molar-refractivity contribution is 5.47. The third kappa shape index (κ3) is 2.41. The minimum absolute atomic E-state index is 0.625. The molecule has 18 heavy (non-hydrogen) atoms. The summed E-state index contributed by atoms with van der Waals surface area (Å²) in [4.78, 5) is 13.1. The monoisotopic (exact) mass is 244 g/mol. The molecule has 0 spiro atoms. The van der Waals surface area contributed by atoms with E-state index in [0.29, 0.717) is 23.5 Å². The molecule has 5 nitrogen and oxygen atoms in total. The van der Waals surface area contributed by atoms with Crippen LogP contribution < -0.4 is 5.32 Å². The van der Waals surface area contributed by atoms with Crippen LogP contribution in [0.25, 0.3) is 11.5 Å². The Balaban J connectivity index is 1.79. The van der Waals surface area contributed by atoms with Gasteiger partial charge in [-0.25, -0.2) is 15.0 Å². The van der Waals surface area contributed by atoms with Crippen LogP contribution in [0.3, 0.4) is 0 Å². The fourth-order valence-corrected chi connectivity index (χ4v) is 1.80. The van der Waals surface area contributed by atoms with Crippen molar-refractivity contribution >= 4 is 0 Å². The molecule has 3 rings (SSSR count). The highest BCUT2D eigenvalue weighted by Gasteiger charge is 2.20. The predicted molar refractivity (Wildman–Crippen MR) is 66.9 cm³/mol. The molecule has 1 fully saturated rings. The highest BCUT2D eigenvalue weighted by atomic mass is 16.3. The first-order valence-corrected chi connectivity index (χ1v) is 6.21. The van der Waals surface area contributed by atoms with Gasteiger partial charge < -0.3 is 9.73 Å². The summed E-state index contributed by atoms with van der Waals surface area (Å²) < 4.78 is 5.17. The van der Waals surface area contributed by atoms with Gasteiger partial charge in [0.05, 0.1) is 0 Å². The predicted octanol–water partition coefficient (Wildman–Crippen LogP) is 2.00. The van der Waals surface area contributed by atoms with Gasteiger partial charge in [-0.15, -0.1) is 0 Å². The lowest BCUT2D eigenvalue weighted by Crippen LogP contribution is -2.16. The molecule has 0 unspecified atom stereocenters. The van der Waals surface area contributed by atoms with Crippen LogP contribution in [0.4, 0.5) is 0 Å². The second kappa shape index (κ2) is 4.49. The van der Waals surface area contributed by atoms with E-state index in [0.717, 1.165) is 17.8 Å². The first-order valence-electron chi connectivity index (χ1n) is 6.21. The molecule has 0 bridgehead atoms. The highest BCUT2D eigenvalue weighted by Crippen LogP contribution is 2.20. The molecule has 2 aromatic rings. The number of aromatic nitrogens is 3. The molecule has 0 amide bonds. The van der Waals surface area contributed by atoms with Gasteiger partial charge in [-0.3, -0.25) is 0 Å². The summed E-state index contributed by atoms with van der Waals surface area (Å²) in [5, 5.41) is 3.46. The van der Waals surface area contributed by atoms with Gasteiger partial charge >= 0.3 is 0 Å². The molecular weight excluding hydrogens is 228 g/mol. The maximum atomic E-state index is 5.17. The van der Waals surface area contributed by atoms with E-state index < -0.39 is 0 Å². The van der Waals surface area contributed by atoms with Crippen LogP contribution in [-0.2, 0) is 6.54 Å². The molecule has 1 aliphatic rings. The molecule has 0 atom stereocenters. The maximum Gasteiger partial charge on any atom is 0.191 e. The van der Waals surface area contributed by atoms with Crippen LogP contribution in [-0.4, -0.2) is 21.0 Å². The average Bonchev–Trinajstić information content (AvgIpc) is 3.08. The molecule has 0 aromatic carbocycles. The number of oxazole rings is 1. The third-order valence-electron chi connectivity index (χ3n) is 3.09. The molecule has 1 aliphatic carbocycles. The van der Waals surface area contributed by atoms with Gasteiger partial charge in [0, 0.05) is 37.0 Å². The minimum Gasteiger partial charge on any atom is -0.449 e. The van der Waals surface area contributed by atoms with Crippen molar-refractivity contribution in [3.63, 3.8) is 0 Å². The van der Waals surface area contributed by atoms with Crippen molar-refractivity contribution in [2.75, 3.05) is 0 Å². The molecule has 2 heterocycles. The van der Waals surface area contributed by atoms with Crippen molar-refractivity contribution in [3.05, 3.63) is 29.6 Å². The van der Waals surface area contributed by atoms with E-state index in [1.807, 2.05) is 20.0 Å². The Morgan fingerprint density at radius 2 is 2.17 bits per heavy atom. The zero-order chi connectivity index (χ0) is 12.5. The van der Waals surface area contributed by atoms with Crippen LogP contribution in [0.5, 0.6) is 0 Å². The fraction of sp³-hybridized carbons (Fsp3) is 0.462. The Morgan fingerprint density at radius 3 is 2.78 bits per heavy atom. The molecule has 0 saturated heterocycles. The summed E-state index contributed by atoms with van der Waals surface area (Å²) in [5.41, 5.74) is 2.83. The van der Waals surface area contributed by atoms with E-state index in [1.54, 1.807) is 6.26 Å². The first-order chi connectivity index (χ1) is 8.72. The number of hydrogen-bond acceptors (Lipinski definition) is 5. The fourth-order valence-electron chi connectivity index (χ4n) is 1.80. The summed E-state index contributed by atoms with van der Waals surface area (Å²) in [6.45, 7) is 4.65. The van der Waals surface area contributed by atoms with Crippen LogP contribution in [0, 0.1) is 13.8 Å². The van der Waals surface area contributed by atoms with Crippen LogP contribution >= 0.6 is 0 Å². The molecule has 0 aliphatic heterocycles. The van der Waals surface area contributed by atoms with Gasteiger partial charge in [0.15, 0.2) is 11.7 Å². The summed E-state index contributed by atoms with van der Waals surface area (Å²) in [6.07, 6.45) is 6.04. The summed E-state index contributed by atoms with van der Waals surface area (Å²) in [5.74, 6) is 1.25. The molecule has 5 heteroatoms. The molecule has 0 radical (unpaired) electrons. The Bertz CT molecular complexity index is 560. The minimum atomic E-state index is 0.625. The van der Waals surface area contributed by atoms with Crippen molar-refractivity contribution in [2.24, 2.45) is 0 Å². The number of nitrogens with zero attached hydrogens (tertiary/aromatic N) is 3. The van der Waals surface area contributed by atoms with Gasteiger partial charge in [0.1, 0.15) is 12.0 Å². The average molecular weight is 244 g/mol. The second-order valence-corrected chi connectivity index (χ2v) is 4.71. The van der Waals surface area contributed by atoms with Gasteiger partial charge in [-0.1, -0.05) is 0 Å². The smallest absolute Gasteiger partial charge is 0.191 e.